The van der Waals surface area contributed by atoms with Gasteiger partial charge in [-0.15, -0.1) is 0 Å². The van der Waals surface area contributed by atoms with Crippen LogP contribution < -0.4 is 0 Å². The highest BCUT2D eigenvalue weighted by molar-refractivity contribution is 7.91. The molecule has 1 unspecified atom stereocenters. The van der Waals surface area contributed by atoms with Gasteiger partial charge in [-0.25, -0.2) is 8.42 Å². The van der Waals surface area contributed by atoms with Crippen LogP contribution in [0.15, 0.2) is 0 Å². The molecule has 0 bridgehead atoms. The number of rotatable bonds is 4. The number of piperidine rings is 1. The second-order valence-electron chi connectivity index (χ2n) is 5.81. The van der Waals surface area contributed by atoms with Gasteiger partial charge in [0.05, 0.1) is 0 Å². The molecule has 0 aromatic heterocycles. The number of hydrogen-bond acceptors (Lipinski definition) is 4. The van der Waals surface area contributed by atoms with E-state index in [1.165, 1.54) is 19.3 Å². The van der Waals surface area contributed by atoms with E-state index in [1.807, 2.05) is 0 Å². The number of carbonyl (C=O) groups is 1. The summed E-state index contributed by atoms with van der Waals surface area (Å²) in [5.41, 5.74) is 0. The standard InChI is InChI=1S/C13H24N2O3S/c1-19(17,18)11-13(16)15-9-5-6-12(15)10-14-7-3-2-4-8-14/h12H,2-11H2,1H3. The van der Waals surface area contributed by atoms with Gasteiger partial charge in [0.25, 0.3) is 0 Å². The molecule has 0 saturated carbocycles. The quantitative estimate of drug-likeness (QED) is 0.756. The number of carbonyl (C=O) groups excluding carboxylic acids is 1. The predicted octanol–water partition coefficient (Wildman–Crippen LogP) is 0.508. The molecule has 2 aliphatic rings. The van der Waals surface area contributed by atoms with Crippen molar-refractivity contribution >= 4 is 15.7 Å². The molecule has 6 heteroatoms. The van der Waals surface area contributed by atoms with Crippen LogP contribution in [-0.2, 0) is 14.6 Å². The van der Waals surface area contributed by atoms with Gasteiger partial charge < -0.3 is 9.80 Å². The Hall–Kier alpha value is -0.620. The van der Waals surface area contributed by atoms with Crippen LogP contribution in [0.2, 0.25) is 0 Å². The molecule has 0 aromatic rings. The van der Waals surface area contributed by atoms with Crippen LogP contribution in [0.4, 0.5) is 0 Å². The Morgan fingerprint density at radius 2 is 1.79 bits per heavy atom. The molecule has 1 amide bonds. The fourth-order valence-corrected chi connectivity index (χ4v) is 3.72. The summed E-state index contributed by atoms with van der Waals surface area (Å²) in [5.74, 6) is -0.564. The molecular weight excluding hydrogens is 264 g/mol. The van der Waals surface area contributed by atoms with Crippen molar-refractivity contribution < 1.29 is 13.2 Å². The first kappa shape index (κ1) is 14.8. The smallest absolute Gasteiger partial charge is 0.238 e. The highest BCUT2D eigenvalue weighted by Gasteiger charge is 2.31. The van der Waals surface area contributed by atoms with E-state index in [-0.39, 0.29) is 17.7 Å². The molecule has 1 atom stereocenters. The molecular formula is C13H24N2O3S. The Labute approximate surface area is 115 Å². The summed E-state index contributed by atoms with van der Waals surface area (Å²) < 4.78 is 22.5. The molecule has 2 rings (SSSR count). The SMILES string of the molecule is CS(=O)(=O)CC(=O)N1CCCC1CN1CCCCC1. The first-order chi connectivity index (χ1) is 8.96. The molecule has 0 radical (unpaired) electrons. The molecule has 2 heterocycles. The Kier molecular flexibility index (Phi) is 4.84. The zero-order valence-electron chi connectivity index (χ0n) is 11.7. The molecule has 2 aliphatic heterocycles. The third-order valence-electron chi connectivity index (χ3n) is 4.00. The van der Waals surface area contributed by atoms with Crippen molar-refractivity contribution in [3.63, 3.8) is 0 Å². The topological polar surface area (TPSA) is 57.7 Å². The van der Waals surface area contributed by atoms with Gasteiger partial charge in [0, 0.05) is 25.4 Å². The summed E-state index contributed by atoms with van der Waals surface area (Å²) in [6.07, 6.45) is 6.91. The fourth-order valence-electron chi connectivity index (χ4n) is 3.10. The molecule has 0 aromatic carbocycles. The number of sulfone groups is 1. The van der Waals surface area contributed by atoms with Gasteiger partial charge in [0.2, 0.25) is 5.91 Å². The molecule has 110 valence electrons. The highest BCUT2D eigenvalue weighted by Crippen LogP contribution is 2.20. The average Bonchev–Trinajstić information content (AvgIpc) is 2.76. The van der Waals surface area contributed by atoms with Crippen molar-refractivity contribution in [2.45, 2.75) is 38.1 Å². The largest absolute Gasteiger partial charge is 0.338 e. The average molecular weight is 288 g/mol. The van der Waals surface area contributed by atoms with Gasteiger partial charge in [-0.1, -0.05) is 6.42 Å². The lowest BCUT2D eigenvalue weighted by Crippen LogP contribution is -2.46. The van der Waals surface area contributed by atoms with Crippen LogP contribution in [0.5, 0.6) is 0 Å². The minimum Gasteiger partial charge on any atom is -0.338 e. The van der Waals surface area contributed by atoms with E-state index in [1.54, 1.807) is 4.90 Å². The van der Waals surface area contributed by atoms with Gasteiger partial charge in [-0.3, -0.25) is 4.79 Å². The number of hydrogen-bond donors (Lipinski definition) is 0. The Bertz CT molecular complexity index is 416. The number of nitrogens with zero attached hydrogens (tertiary/aromatic N) is 2. The van der Waals surface area contributed by atoms with Crippen molar-refractivity contribution in [1.29, 1.82) is 0 Å². The van der Waals surface area contributed by atoms with E-state index in [0.29, 0.717) is 6.54 Å². The highest BCUT2D eigenvalue weighted by atomic mass is 32.2. The second-order valence-corrected chi connectivity index (χ2v) is 7.95. The van der Waals surface area contributed by atoms with Gasteiger partial charge in [0.15, 0.2) is 9.84 Å². The maximum atomic E-state index is 12.0. The Morgan fingerprint density at radius 3 is 2.42 bits per heavy atom. The van der Waals surface area contributed by atoms with Gasteiger partial charge in [0.1, 0.15) is 5.75 Å². The fraction of sp³-hybridized carbons (Fsp3) is 0.923. The third kappa shape index (κ3) is 4.45. The first-order valence-electron chi connectivity index (χ1n) is 7.15. The third-order valence-corrected chi connectivity index (χ3v) is 4.77. The Morgan fingerprint density at radius 1 is 1.11 bits per heavy atom. The van der Waals surface area contributed by atoms with Gasteiger partial charge in [-0.05, 0) is 38.8 Å². The summed E-state index contributed by atoms with van der Waals surface area (Å²) in [6.45, 7) is 3.86. The summed E-state index contributed by atoms with van der Waals surface area (Å²) in [4.78, 5) is 16.2. The van der Waals surface area contributed by atoms with E-state index < -0.39 is 9.84 Å². The van der Waals surface area contributed by atoms with E-state index >= 15 is 0 Å². The number of likely N-dealkylation sites (tertiary alicyclic amines) is 2. The van der Waals surface area contributed by atoms with Crippen LogP contribution >= 0.6 is 0 Å². The molecule has 19 heavy (non-hydrogen) atoms. The molecule has 0 N–H and O–H groups in total. The molecule has 2 saturated heterocycles. The Balaban J connectivity index is 1.90. The minimum absolute atomic E-state index is 0.215. The van der Waals surface area contributed by atoms with Crippen LogP contribution in [0.3, 0.4) is 0 Å². The summed E-state index contributed by atoms with van der Waals surface area (Å²) in [5, 5.41) is 0. The second kappa shape index (κ2) is 6.22. The van der Waals surface area contributed by atoms with Gasteiger partial charge in [-0.2, -0.15) is 0 Å². The summed E-state index contributed by atoms with van der Waals surface area (Å²) in [6, 6.07) is 0.215. The van der Waals surface area contributed by atoms with E-state index in [9.17, 15) is 13.2 Å². The van der Waals surface area contributed by atoms with Crippen molar-refractivity contribution in [1.82, 2.24) is 9.80 Å². The van der Waals surface area contributed by atoms with Crippen molar-refractivity contribution in [2.24, 2.45) is 0 Å². The minimum atomic E-state index is -3.22. The normalized spacial score (nSPS) is 25.7. The molecule has 2 fully saturated rings. The van der Waals surface area contributed by atoms with Crippen LogP contribution in [0, 0.1) is 0 Å². The monoisotopic (exact) mass is 288 g/mol. The van der Waals surface area contributed by atoms with Gasteiger partial charge >= 0.3 is 0 Å². The van der Waals surface area contributed by atoms with E-state index in [4.69, 9.17) is 0 Å². The van der Waals surface area contributed by atoms with Crippen molar-refractivity contribution in [3.8, 4) is 0 Å². The van der Waals surface area contributed by atoms with Crippen LogP contribution in [0.25, 0.3) is 0 Å². The maximum absolute atomic E-state index is 12.0. The number of amides is 1. The summed E-state index contributed by atoms with van der Waals surface area (Å²) in [7, 11) is -3.22. The van der Waals surface area contributed by atoms with Crippen molar-refractivity contribution in [2.75, 3.05) is 38.2 Å². The predicted molar refractivity (Wildman–Crippen MR) is 74.7 cm³/mol. The summed E-state index contributed by atoms with van der Waals surface area (Å²) >= 11 is 0. The van der Waals surface area contributed by atoms with Crippen LogP contribution in [-0.4, -0.2) is 68.4 Å². The van der Waals surface area contributed by atoms with Crippen molar-refractivity contribution in [3.05, 3.63) is 0 Å². The zero-order valence-corrected chi connectivity index (χ0v) is 12.5. The first-order valence-corrected chi connectivity index (χ1v) is 9.21. The lowest BCUT2D eigenvalue weighted by Gasteiger charge is -2.32. The molecule has 0 spiro atoms. The lowest BCUT2D eigenvalue weighted by atomic mass is 10.1. The molecule has 0 aliphatic carbocycles. The lowest BCUT2D eigenvalue weighted by molar-refractivity contribution is -0.129. The maximum Gasteiger partial charge on any atom is 0.238 e. The van der Waals surface area contributed by atoms with Crippen LogP contribution in [0.1, 0.15) is 32.1 Å². The van der Waals surface area contributed by atoms with E-state index in [0.717, 1.165) is 38.7 Å². The molecule has 5 nitrogen and oxygen atoms in total. The zero-order chi connectivity index (χ0) is 13.9. The van der Waals surface area contributed by atoms with E-state index in [2.05, 4.69) is 4.90 Å².